The van der Waals surface area contributed by atoms with E-state index in [4.69, 9.17) is 9.26 Å². The average Bonchev–Trinajstić information content (AvgIpc) is 2.88. The lowest BCUT2D eigenvalue weighted by Gasteiger charge is -2.07. The molecule has 1 aromatic heterocycles. The van der Waals surface area contributed by atoms with Crippen LogP contribution in [0.4, 0.5) is 5.82 Å². The van der Waals surface area contributed by atoms with Gasteiger partial charge in [-0.05, 0) is 31.5 Å². The normalized spacial score (nSPS) is 10.1. The van der Waals surface area contributed by atoms with Crippen molar-refractivity contribution in [3.63, 3.8) is 0 Å². The fourth-order valence-corrected chi connectivity index (χ4v) is 1.70. The molecule has 22 heavy (non-hydrogen) atoms. The van der Waals surface area contributed by atoms with Gasteiger partial charge in [0, 0.05) is 6.07 Å². The number of amides is 2. The molecule has 7 heteroatoms. The number of carbonyl (C=O) groups excluding carboxylic acids is 2. The van der Waals surface area contributed by atoms with Gasteiger partial charge in [0.25, 0.3) is 5.91 Å². The summed E-state index contributed by atoms with van der Waals surface area (Å²) in [5.74, 6) is 0.738. The summed E-state index contributed by atoms with van der Waals surface area (Å²) in [6.07, 6.45) is 0. The molecule has 0 aliphatic rings. The van der Waals surface area contributed by atoms with Crippen molar-refractivity contribution >= 4 is 17.6 Å². The Balaban J connectivity index is 1.70. The van der Waals surface area contributed by atoms with E-state index in [0.29, 0.717) is 17.3 Å². The minimum atomic E-state index is -0.391. The quantitative estimate of drug-likeness (QED) is 0.842. The van der Waals surface area contributed by atoms with Crippen molar-refractivity contribution < 1.29 is 18.8 Å². The van der Waals surface area contributed by atoms with Gasteiger partial charge < -0.3 is 19.9 Å². The van der Waals surface area contributed by atoms with E-state index in [9.17, 15) is 9.59 Å². The smallest absolute Gasteiger partial charge is 0.258 e. The van der Waals surface area contributed by atoms with Crippen LogP contribution in [0.5, 0.6) is 5.75 Å². The van der Waals surface area contributed by atoms with Crippen LogP contribution in [0, 0.1) is 13.8 Å². The number of benzene rings is 1. The van der Waals surface area contributed by atoms with E-state index in [1.165, 1.54) is 0 Å². The molecule has 0 saturated carbocycles. The van der Waals surface area contributed by atoms with Crippen LogP contribution in [0.1, 0.15) is 11.3 Å². The SMILES string of the molecule is Cc1cccc(OCC(=O)NCC(=O)Nc2cc(C)on2)c1. The van der Waals surface area contributed by atoms with Gasteiger partial charge in [-0.25, -0.2) is 0 Å². The van der Waals surface area contributed by atoms with E-state index >= 15 is 0 Å². The molecule has 0 bridgehead atoms. The van der Waals surface area contributed by atoms with Crippen LogP contribution < -0.4 is 15.4 Å². The van der Waals surface area contributed by atoms with Crippen LogP contribution in [0.2, 0.25) is 0 Å². The molecule has 0 atom stereocenters. The summed E-state index contributed by atoms with van der Waals surface area (Å²) in [5.41, 5.74) is 1.04. The van der Waals surface area contributed by atoms with E-state index in [1.54, 1.807) is 19.1 Å². The highest BCUT2D eigenvalue weighted by Crippen LogP contribution is 2.11. The molecular formula is C15H17N3O4. The zero-order chi connectivity index (χ0) is 15.9. The van der Waals surface area contributed by atoms with Crippen LogP contribution in [-0.4, -0.2) is 30.1 Å². The molecule has 0 aliphatic carbocycles. The summed E-state index contributed by atoms with van der Waals surface area (Å²) >= 11 is 0. The Morgan fingerprint density at radius 2 is 2.05 bits per heavy atom. The van der Waals surface area contributed by atoms with Gasteiger partial charge in [-0.3, -0.25) is 9.59 Å². The van der Waals surface area contributed by atoms with Crippen molar-refractivity contribution in [2.75, 3.05) is 18.5 Å². The van der Waals surface area contributed by atoms with Gasteiger partial charge in [0.1, 0.15) is 11.5 Å². The first-order valence-electron chi connectivity index (χ1n) is 6.72. The van der Waals surface area contributed by atoms with E-state index in [0.717, 1.165) is 5.56 Å². The molecule has 0 fully saturated rings. The highest BCUT2D eigenvalue weighted by Gasteiger charge is 2.08. The van der Waals surface area contributed by atoms with Crippen molar-refractivity contribution in [2.45, 2.75) is 13.8 Å². The summed E-state index contributed by atoms with van der Waals surface area (Å²) in [4.78, 5) is 23.2. The molecular weight excluding hydrogens is 286 g/mol. The maximum Gasteiger partial charge on any atom is 0.258 e. The minimum Gasteiger partial charge on any atom is -0.484 e. The van der Waals surface area contributed by atoms with Crippen LogP contribution in [0.25, 0.3) is 0 Å². The van der Waals surface area contributed by atoms with Crippen LogP contribution in [0.3, 0.4) is 0 Å². The first-order valence-corrected chi connectivity index (χ1v) is 6.72. The lowest BCUT2D eigenvalue weighted by atomic mass is 10.2. The standard InChI is InChI=1S/C15H17N3O4/c1-10-4-3-5-12(6-10)21-9-15(20)16-8-14(19)17-13-7-11(2)22-18-13/h3-7H,8-9H2,1-2H3,(H,16,20)(H,17,18,19). The summed E-state index contributed by atoms with van der Waals surface area (Å²) in [5, 5.41) is 8.58. The maximum absolute atomic E-state index is 11.6. The molecule has 1 aromatic carbocycles. The number of anilines is 1. The molecule has 2 rings (SSSR count). The number of carbonyl (C=O) groups is 2. The molecule has 7 nitrogen and oxygen atoms in total. The molecule has 0 radical (unpaired) electrons. The van der Waals surface area contributed by atoms with Gasteiger partial charge in [-0.15, -0.1) is 0 Å². The molecule has 0 saturated heterocycles. The number of hydrogen-bond acceptors (Lipinski definition) is 5. The molecule has 2 N–H and O–H groups in total. The Labute approximate surface area is 127 Å². The van der Waals surface area contributed by atoms with Gasteiger partial charge in [0.05, 0.1) is 6.54 Å². The number of nitrogens with zero attached hydrogens (tertiary/aromatic N) is 1. The van der Waals surface area contributed by atoms with Gasteiger partial charge >= 0.3 is 0 Å². The fraction of sp³-hybridized carbons (Fsp3) is 0.267. The molecule has 2 aromatic rings. The predicted molar refractivity (Wildman–Crippen MR) is 79.6 cm³/mol. The molecule has 0 aliphatic heterocycles. The van der Waals surface area contributed by atoms with E-state index < -0.39 is 5.91 Å². The second kappa shape index (κ2) is 7.26. The lowest BCUT2D eigenvalue weighted by molar-refractivity contribution is -0.125. The summed E-state index contributed by atoms with van der Waals surface area (Å²) in [6, 6.07) is 8.95. The second-order valence-electron chi connectivity index (χ2n) is 4.75. The van der Waals surface area contributed by atoms with Crippen molar-refractivity contribution in [1.29, 1.82) is 0 Å². The van der Waals surface area contributed by atoms with Gasteiger partial charge in [-0.2, -0.15) is 0 Å². The monoisotopic (exact) mass is 303 g/mol. The first-order chi connectivity index (χ1) is 10.5. The first kappa shape index (κ1) is 15.6. The molecule has 0 unspecified atom stereocenters. The topological polar surface area (TPSA) is 93.5 Å². The Kier molecular flexibility index (Phi) is 5.13. The van der Waals surface area contributed by atoms with Gasteiger partial charge in [-0.1, -0.05) is 17.3 Å². The summed E-state index contributed by atoms with van der Waals surface area (Å²) in [7, 11) is 0. The highest BCUT2D eigenvalue weighted by atomic mass is 16.5. The maximum atomic E-state index is 11.6. The number of aryl methyl sites for hydroxylation is 2. The predicted octanol–water partition coefficient (Wildman–Crippen LogP) is 1.43. The molecule has 116 valence electrons. The van der Waals surface area contributed by atoms with Crippen molar-refractivity contribution in [2.24, 2.45) is 0 Å². The third-order valence-corrected chi connectivity index (χ3v) is 2.70. The largest absolute Gasteiger partial charge is 0.484 e. The van der Waals surface area contributed by atoms with Crippen LogP contribution >= 0.6 is 0 Å². The van der Waals surface area contributed by atoms with Crippen LogP contribution in [0.15, 0.2) is 34.9 Å². The summed E-state index contributed by atoms with van der Waals surface area (Å²) in [6.45, 7) is 3.33. The van der Waals surface area contributed by atoms with Crippen molar-refractivity contribution in [1.82, 2.24) is 10.5 Å². The third kappa shape index (κ3) is 4.93. The number of ether oxygens (including phenoxy) is 1. The summed E-state index contributed by atoms with van der Waals surface area (Å²) < 4.78 is 10.1. The van der Waals surface area contributed by atoms with Crippen molar-refractivity contribution in [3.8, 4) is 5.75 Å². The Bertz CT molecular complexity index is 666. The second-order valence-corrected chi connectivity index (χ2v) is 4.75. The van der Waals surface area contributed by atoms with E-state index in [1.807, 2.05) is 25.1 Å². The van der Waals surface area contributed by atoms with Crippen molar-refractivity contribution in [3.05, 3.63) is 41.7 Å². The Morgan fingerprint density at radius 3 is 2.73 bits per heavy atom. The fourth-order valence-electron chi connectivity index (χ4n) is 1.70. The van der Waals surface area contributed by atoms with Gasteiger partial charge in [0.2, 0.25) is 5.91 Å². The number of nitrogens with one attached hydrogen (secondary N) is 2. The van der Waals surface area contributed by atoms with Gasteiger partial charge in [0.15, 0.2) is 12.4 Å². The minimum absolute atomic E-state index is 0.153. The molecule has 0 spiro atoms. The van der Waals surface area contributed by atoms with E-state index in [-0.39, 0.29) is 19.1 Å². The number of rotatable bonds is 6. The Hall–Kier alpha value is -2.83. The zero-order valence-electron chi connectivity index (χ0n) is 12.4. The Morgan fingerprint density at radius 1 is 1.23 bits per heavy atom. The lowest BCUT2D eigenvalue weighted by Crippen LogP contribution is -2.35. The molecule has 1 heterocycles. The third-order valence-electron chi connectivity index (χ3n) is 2.70. The zero-order valence-corrected chi connectivity index (χ0v) is 12.4. The van der Waals surface area contributed by atoms with Crippen LogP contribution in [-0.2, 0) is 9.59 Å². The molecule has 2 amide bonds. The highest BCUT2D eigenvalue weighted by molar-refractivity contribution is 5.93. The average molecular weight is 303 g/mol. The number of aromatic nitrogens is 1. The van der Waals surface area contributed by atoms with E-state index in [2.05, 4.69) is 15.8 Å². The number of hydrogen-bond donors (Lipinski definition) is 2.